The lowest BCUT2D eigenvalue weighted by Crippen LogP contribution is -2.46. The number of nitrogens with two attached hydrogens (primary N) is 1. The van der Waals surface area contributed by atoms with E-state index in [2.05, 4.69) is 64.8 Å². The van der Waals surface area contributed by atoms with Gasteiger partial charge in [-0.25, -0.2) is 0 Å². The summed E-state index contributed by atoms with van der Waals surface area (Å²) in [7, 11) is 0. The maximum Gasteiger partial charge on any atom is 0.227 e. The Hall–Kier alpha value is -1.75. The zero-order valence-electron chi connectivity index (χ0n) is 17.1. The predicted octanol–water partition coefficient (Wildman–Crippen LogP) is 5.10. The van der Waals surface area contributed by atoms with Gasteiger partial charge in [-0.05, 0) is 36.5 Å². The highest BCUT2D eigenvalue weighted by atomic mass is 35.5. The van der Waals surface area contributed by atoms with Crippen molar-refractivity contribution < 1.29 is 4.79 Å². The van der Waals surface area contributed by atoms with Crippen molar-refractivity contribution in [3.8, 4) is 0 Å². The number of anilines is 1. The minimum atomic E-state index is -0.00952. The first-order valence-electron chi connectivity index (χ1n) is 10.7. The van der Waals surface area contributed by atoms with Crippen LogP contribution in [0.25, 0.3) is 0 Å². The normalized spacial score (nSPS) is 29.5. The number of carbonyl (C=O) groups is 1. The Bertz CT molecular complexity index is 863. The summed E-state index contributed by atoms with van der Waals surface area (Å²) in [6.07, 6.45) is 5.22. The summed E-state index contributed by atoms with van der Waals surface area (Å²) >= 11 is 0. The van der Waals surface area contributed by atoms with E-state index in [1.807, 2.05) is 0 Å². The van der Waals surface area contributed by atoms with E-state index in [0.717, 1.165) is 44.3 Å². The maximum absolute atomic E-state index is 13.5. The Morgan fingerprint density at radius 3 is 2.40 bits per heavy atom. The number of benzene rings is 2. The molecular formula is C24H31Cl2N3O. The van der Waals surface area contributed by atoms with E-state index in [9.17, 15) is 4.79 Å². The molecule has 4 nitrogen and oxygen atoms in total. The Kier molecular flexibility index (Phi) is 7.33. The molecule has 2 aromatic rings. The van der Waals surface area contributed by atoms with Crippen LogP contribution in [0.1, 0.15) is 55.3 Å². The number of rotatable bonds is 2. The Balaban J connectivity index is 0.00000128. The largest absolute Gasteiger partial charge is 0.378 e. The van der Waals surface area contributed by atoms with Crippen LogP contribution in [0.5, 0.6) is 0 Å². The minimum absolute atomic E-state index is 0. The SMILES string of the molecule is Cl.Cl.N[C@@H]1CCCC[C@@H]1C(=O)N1CC[C@@H]2[C@H](c3ccccc3)Nc3ccccc3[C@@H]21. The van der Waals surface area contributed by atoms with Crippen molar-refractivity contribution in [2.24, 2.45) is 17.6 Å². The molecular weight excluding hydrogens is 417 g/mol. The molecule has 162 valence electrons. The van der Waals surface area contributed by atoms with Gasteiger partial charge in [-0.2, -0.15) is 0 Å². The smallest absolute Gasteiger partial charge is 0.227 e. The number of nitrogens with zero attached hydrogens (tertiary/aromatic N) is 1. The Morgan fingerprint density at radius 2 is 1.63 bits per heavy atom. The molecule has 0 bridgehead atoms. The van der Waals surface area contributed by atoms with Gasteiger partial charge < -0.3 is 16.0 Å². The molecule has 2 aliphatic heterocycles. The molecule has 6 heteroatoms. The van der Waals surface area contributed by atoms with Crippen molar-refractivity contribution in [2.75, 3.05) is 11.9 Å². The van der Waals surface area contributed by atoms with E-state index < -0.39 is 0 Å². The van der Waals surface area contributed by atoms with Gasteiger partial charge in [-0.1, -0.05) is 61.4 Å². The van der Waals surface area contributed by atoms with Crippen LogP contribution in [0.2, 0.25) is 0 Å². The first-order chi connectivity index (χ1) is 13.7. The van der Waals surface area contributed by atoms with E-state index in [0.29, 0.717) is 5.92 Å². The van der Waals surface area contributed by atoms with Crippen LogP contribution < -0.4 is 11.1 Å². The molecule has 3 aliphatic rings. The molecule has 2 heterocycles. The van der Waals surface area contributed by atoms with Gasteiger partial charge >= 0.3 is 0 Å². The van der Waals surface area contributed by atoms with Crippen molar-refractivity contribution in [1.29, 1.82) is 0 Å². The molecule has 0 aromatic heterocycles. The van der Waals surface area contributed by atoms with Gasteiger partial charge in [0.15, 0.2) is 0 Å². The second-order valence-electron chi connectivity index (χ2n) is 8.60. The molecule has 0 radical (unpaired) electrons. The molecule has 1 aliphatic carbocycles. The number of nitrogens with one attached hydrogen (secondary N) is 1. The molecule has 1 saturated carbocycles. The topological polar surface area (TPSA) is 58.4 Å². The van der Waals surface area contributed by atoms with Gasteiger partial charge in [0.2, 0.25) is 5.91 Å². The van der Waals surface area contributed by atoms with E-state index >= 15 is 0 Å². The fraction of sp³-hybridized carbons (Fsp3) is 0.458. The summed E-state index contributed by atoms with van der Waals surface area (Å²) < 4.78 is 0. The summed E-state index contributed by atoms with van der Waals surface area (Å²) in [6, 6.07) is 19.6. The average Bonchev–Trinajstić information content (AvgIpc) is 3.19. The first-order valence-corrected chi connectivity index (χ1v) is 10.7. The van der Waals surface area contributed by atoms with Crippen LogP contribution in [-0.2, 0) is 4.79 Å². The van der Waals surface area contributed by atoms with E-state index in [4.69, 9.17) is 5.73 Å². The zero-order chi connectivity index (χ0) is 19.1. The standard InChI is InChI=1S/C24H29N3O.2ClH/c25-20-12-6-4-10-17(20)24(28)27-15-14-19-22(16-8-2-1-3-9-16)26-21-13-7-5-11-18(21)23(19)27;;/h1-3,5,7-9,11,13,17,19-20,22-23,26H,4,6,10,12,14-15,25H2;2*1H/t17-,19+,20+,22-,23-;;/m0../s1. The van der Waals surface area contributed by atoms with Gasteiger partial charge in [0, 0.05) is 24.2 Å². The van der Waals surface area contributed by atoms with Crippen molar-refractivity contribution in [2.45, 2.75) is 50.2 Å². The molecule has 2 fully saturated rings. The van der Waals surface area contributed by atoms with Crippen LogP contribution in [0.4, 0.5) is 5.69 Å². The van der Waals surface area contributed by atoms with Crippen molar-refractivity contribution >= 4 is 36.4 Å². The third-order valence-corrected chi connectivity index (χ3v) is 7.04. The summed E-state index contributed by atoms with van der Waals surface area (Å²) in [5, 5.41) is 3.77. The highest BCUT2D eigenvalue weighted by molar-refractivity contribution is 5.85. The third-order valence-electron chi connectivity index (χ3n) is 7.04. The fourth-order valence-corrected chi connectivity index (χ4v) is 5.64. The predicted molar refractivity (Wildman–Crippen MR) is 126 cm³/mol. The van der Waals surface area contributed by atoms with Crippen LogP contribution in [0, 0.1) is 11.8 Å². The van der Waals surface area contributed by atoms with Gasteiger partial charge in [-0.15, -0.1) is 24.8 Å². The fourth-order valence-electron chi connectivity index (χ4n) is 5.64. The van der Waals surface area contributed by atoms with Gasteiger partial charge in [0.25, 0.3) is 0 Å². The van der Waals surface area contributed by atoms with Crippen molar-refractivity contribution in [3.05, 3.63) is 65.7 Å². The van der Waals surface area contributed by atoms with Crippen molar-refractivity contribution in [3.63, 3.8) is 0 Å². The van der Waals surface area contributed by atoms with Crippen LogP contribution in [0.3, 0.4) is 0 Å². The summed E-state index contributed by atoms with van der Waals surface area (Å²) in [6.45, 7) is 0.830. The molecule has 0 unspecified atom stereocenters. The van der Waals surface area contributed by atoms with Gasteiger partial charge in [-0.3, -0.25) is 4.79 Å². The summed E-state index contributed by atoms with van der Waals surface area (Å²) in [4.78, 5) is 15.7. The minimum Gasteiger partial charge on any atom is -0.378 e. The zero-order valence-corrected chi connectivity index (χ0v) is 18.7. The van der Waals surface area contributed by atoms with E-state index in [-0.39, 0.29) is 54.8 Å². The monoisotopic (exact) mass is 447 g/mol. The highest BCUT2D eigenvalue weighted by Gasteiger charge is 2.47. The molecule has 5 atom stereocenters. The second kappa shape index (κ2) is 9.59. The quantitative estimate of drug-likeness (QED) is 0.672. The van der Waals surface area contributed by atoms with Crippen molar-refractivity contribution in [1.82, 2.24) is 4.90 Å². The number of carbonyl (C=O) groups excluding carboxylic acids is 1. The first kappa shape index (κ1) is 22.9. The van der Waals surface area contributed by atoms with E-state index in [1.54, 1.807) is 0 Å². The second-order valence-corrected chi connectivity index (χ2v) is 8.60. The lowest BCUT2D eigenvalue weighted by molar-refractivity contribution is -0.138. The molecule has 5 rings (SSSR count). The molecule has 3 N–H and O–H groups in total. The van der Waals surface area contributed by atoms with Crippen LogP contribution in [0.15, 0.2) is 54.6 Å². The van der Waals surface area contributed by atoms with Gasteiger partial charge in [0.05, 0.1) is 18.0 Å². The highest BCUT2D eigenvalue weighted by Crippen LogP contribution is 2.51. The average molecular weight is 448 g/mol. The third kappa shape index (κ3) is 3.93. The molecule has 30 heavy (non-hydrogen) atoms. The number of para-hydroxylation sites is 1. The van der Waals surface area contributed by atoms with Crippen LogP contribution in [-0.4, -0.2) is 23.4 Å². The number of fused-ring (bicyclic) bond motifs is 3. The van der Waals surface area contributed by atoms with Crippen LogP contribution >= 0.6 is 24.8 Å². The number of hydrogen-bond acceptors (Lipinski definition) is 3. The molecule has 1 saturated heterocycles. The summed E-state index contributed by atoms with van der Waals surface area (Å²) in [5.74, 6) is 0.661. The lowest BCUT2D eigenvalue weighted by Gasteiger charge is -2.41. The number of hydrogen-bond donors (Lipinski definition) is 2. The number of halogens is 2. The maximum atomic E-state index is 13.5. The van der Waals surface area contributed by atoms with Gasteiger partial charge in [0.1, 0.15) is 0 Å². The number of amides is 1. The molecule has 0 spiro atoms. The van der Waals surface area contributed by atoms with E-state index in [1.165, 1.54) is 11.1 Å². The summed E-state index contributed by atoms with van der Waals surface area (Å²) in [5.41, 5.74) is 10.1. The molecule has 1 amide bonds. The number of likely N-dealkylation sites (tertiary alicyclic amines) is 1. The Morgan fingerprint density at radius 1 is 0.933 bits per heavy atom. The lowest BCUT2D eigenvalue weighted by atomic mass is 9.79. The molecule has 2 aromatic carbocycles. The Labute approximate surface area is 191 Å².